The van der Waals surface area contributed by atoms with Gasteiger partial charge in [0.05, 0.1) is 18.9 Å². The molecule has 0 atom stereocenters. The highest BCUT2D eigenvalue weighted by molar-refractivity contribution is 5.64. The Balaban J connectivity index is 2.34. The number of aliphatic hydroxyl groups excluding tert-OH is 2. The lowest BCUT2D eigenvalue weighted by molar-refractivity contribution is 0.0835. The number of aliphatic hydroxyl groups is 2. The van der Waals surface area contributed by atoms with Crippen LogP contribution in [0, 0.1) is 6.07 Å². The summed E-state index contributed by atoms with van der Waals surface area (Å²) in [7, 11) is 0. The zero-order valence-corrected chi connectivity index (χ0v) is 8.03. The van der Waals surface area contributed by atoms with E-state index in [1.165, 1.54) is 12.1 Å². The van der Waals surface area contributed by atoms with E-state index in [-0.39, 0.29) is 25.6 Å². The number of anilines is 1. The van der Waals surface area contributed by atoms with Gasteiger partial charge in [-0.1, -0.05) is 0 Å². The molecule has 0 saturated heterocycles. The second-order valence-corrected chi connectivity index (χ2v) is 3.58. The molecule has 0 aliphatic carbocycles. The lowest BCUT2D eigenvalue weighted by Crippen LogP contribution is -2.53. The van der Waals surface area contributed by atoms with E-state index in [2.05, 4.69) is 11.4 Å². The first-order valence-corrected chi connectivity index (χ1v) is 4.57. The number of fused-ring (bicyclic) bond motifs is 1. The van der Waals surface area contributed by atoms with Gasteiger partial charge in [0.15, 0.2) is 11.5 Å². The number of phenolic OH excluding ortho intramolecular Hbond substituents is 1. The number of benzene rings is 1. The summed E-state index contributed by atoms with van der Waals surface area (Å²) in [4.78, 5) is 0. The fourth-order valence-corrected chi connectivity index (χ4v) is 1.44. The maximum absolute atomic E-state index is 9.46. The molecule has 0 aromatic heterocycles. The van der Waals surface area contributed by atoms with Crippen LogP contribution in [0.4, 0.5) is 5.69 Å². The Morgan fingerprint density at radius 2 is 2.20 bits per heavy atom. The minimum absolute atomic E-state index is 0.0146. The van der Waals surface area contributed by atoms with Gasteiger partial charge in [-0.2, -0.15) is 0 Å². The number of hydrogen-bond donors (Lipinski definition) is 4. The van der Waals surface area contributed by atoms with E-state index in [0.717, 1.165) is 0 Å². The summed E-state index contributed by atoms with van der Waals surface area (Å²) in [6, 6.07) is 5.84. The van der Waals surface area contributed by atoms with Crippen LogP contribution in [-0.4, -0.2) is 40.7 Å². The summed E-state index contributed by atoms with van der Waals surface area (Å²) in [6.07, 6.45) is 0. The molecule has 5 nitrogen and oxygen atoms in total. The number of nitrogens with one attached hydrogen (secondary N) is 1. The molecule has 2 rings (SSSR count). The first-order chi connectivity index (χ1) is 7.21. The molecule has 5 heteroatoms. The average molecular weight is 210 g/mol. The Labute approximate surface area is 86.9 Å². The molecule has 0 spiro atoms. The molecule has 0 amide bonds. The SMILES string of the molecule is OCC1(CO)COc2c([c]ccc2O)N1. The van der Waals surface area contributed by atoms with Gasteiger partial charge in [0.1, 0.15) is 12.1 Å². The first-order valence-electron chi connectivity index (χ1n) is 4.57. The topological polar surface area (TPSA) is 82.0 Å². The van der Waals surface area contributed by atoms with Crippen LogP contribution in [0.1, 0.15) is 0 Å². The molecular weight excluding hydrogens is 198 g/mol. The number of ether oxygens (including phenoxy) is 1. The fourth-order valence-electron chi connectivity index (χ4n) is 1.44. The highest BCUT2D eigenvalue weighted by Gasteiger charge is 2.35. The molecule has 15 heavy (non-hydrogen) atoms. The third-order valence-electron chi connectivity index (χ3n) is 2.42. The van der Waals surface area contributed by atoms with Crippen LogP contribution in [0.2, 0.25) is 0 Å². The van der Waals surface area contributed by atoms with E-state index in [9.17, 15) is 5.11 Å². The van der Waals surface area contributed by atoms with Crippen LogP contribution in [0.25, 0.3) is 0 Å². The Morgan fingerprint density at radius 1 is 1.47 bits per heavy atom. The maximum atomic E-state index is 9.46. The molecule has 1 aromatic carbocycles. The van der Waals surface area contributed by atoms with Crippen molar-refractivity contribution in [1.82, 2.24) is 0 Å². The third kappa shape index (κ3) is 1.60. The summed E-state index contributed by atoms with van der Waals surface area (Å²) in [5.74, 6) is 0.316. The Morgan fingerprint density at radius 3 is 2.87 bits per heavy atom. The minimum atomic E-state index is -0.905. The summed E-state index contributed by atoms with van der Waals surface area (Å²) in [5, 5.41) is 30.7. The zero-order chi connectivity index (χ0) is 10.9. The van der Waals surface area contributed by atoms with Crippen LogP contribution >= 0.6 is 0 Å². The van der Waals surface area contributed by atoms with E-state index in [1.54, 1.807) is 0 Å². The van der Waals surface area contributed by atoms with Crippen molar-refractivity contribution in [3.8, 4) is 11.5 Å². The van der Waals surface area contributed by atoms with Gasteiger partial charge < -0.3 is 25.4 Å². The summed E-state index contributed by atoms with van der Waals surface area (Å²) < 4.78 is 5.29. The minimum Gasteiger partial charge on any atom is -0.504 e. The van der Waals surface area contributed by atoms with Crippen molar-refractivity contribution < 1.29 is 20.1 Å². The molecule has 1 aliphatic rings. The average Bonchev–Trinajstić information content (AvgIpc) is 2.29. The first kappa shape index (κ1) is 10.1. The maximum Gasteiger partial charge on any atom is 0.184 e. The molecule has 0 bridgehead atoms. The van der Waals surface area contributed by atoms with Crippen molar-refractivity contribution in [2.24, 2.45) is 0 Å². The van der Waals surface area contributed by atoms with Crippen molar-refractivity contribution in [1.29, 1.82) is 0 Å². The van der Waals surface area contributed by atoms with Gasteiger partial charge in [-0.15, -0.1) is 0 Å². The highest BCUT2D eigenvalue weighted by atomic mass is 16.5. The third-order valence-corrected chi connectivity index (χ3v) is 2.42. The largest absolute Gasteiger partial charge is 0.504 e. The highest BCUT2D eigenvalue weighted by Crippen LogP contribution is 2.38. The summed E-state index contributed by atoms with van der Waals surface area (Å²) in [6.45, 7) is -0.419. The van der Waals surface area contributed by atoms with Gasteiger partial charge in [0.25, 0.3) is 0 Å². The smallest absolute Gasteiger partial charge is 0.184 e. The molecule has 0 saturated carbocycles. The fraction of sp³-hybridized carbons (Fsp3) is 0.400. The lowest BCUT2D eigenvalue weighted by Gasteiger charge is -2.36. The van der Waals surface area contributed by atoms with Gasteiger partial charge in [-0.05, 0) is 12.1 Å². The van der Waals surface area contributed by atoms with Crippen molar-refractivity contribution in [2.75, 3.05) is 25.1 Å². The number of hydrogen-bond acceptors (Lipinski definition) is 5. The van der Waals surface area contributed by atoms with Crippen LogP contribution in [-0.2, 0) is 0 Å². The second kappa shape index (κ2) is 3.60. The van der Waals surface area contributed by atoms with Crippen LogP contribution in [0.3, 0.4) is 0 Å². The van der Waals surface area contributed by atoms with Crippen molar-refractivity contribution >= 4 is 5.69 Å². The van der Waals surface area contributed by atoms with E-state index in [4.69, 9.17) is 14.9 Å². The van der Waals surface area contributed by atoms with Crippen molar-refractivity contribution in [2.45, 2.75) is 5.54 Å². The van der Waals surface area contributed by atoms with Crippen LogP contribution in [0.15, 0.2) is 12.1 Å². The summed E-state index contributed by atoms with van der Waals surface area (Å²) >= 11 is 0. The Kier molecular flexibility index (Phi) is 2.42. The Bertz CT molecular complexity index is 362. The zero-order valence-electron chi connectivity index (χ0n) is 8.03. The molecule has 1 aliphatic heterocycles. The van der Waals surface area contributed by atoms with Gasteiger partial charge in [-0.25, -0.2) is 0 Å². The summed E-state index contributed by atoms with van der Waals surface area (Å²) in [5.41, 5.74) is -0.457. The quantitative estimate of drug-likeness (QED) is 0.539. The molecule has 1 heterocycles. The molecule has 1 aromatic rings. The van der Waals surface area contributed by atoms with E-state index in [1.807, 2.05) is 0 Å². The van der Waals surface area contributed by atoms with Gasteiger partial charge in [0.2, 0.25) is 0 Å². The van der Waals surface area contributed by atoms with E-state index in [0.29, 0.717) is 11.4 Å². The molecule has 0 fully saturated rings. The monoisotopic (exact) mass is 210 g/mol. The van der Waals surface area contributed by atoms with Crippen molar-refractivity contribution in [3.63, 3.8) is 0 Å². The van der Waals surface area contributed by atoms with Gasteiger partial charge in [-0.3, -0.25) is 0 Å². The predicted molar refractivity (Wildman–Crippen MR) is 53.0 cm³/mol. The van der Waals surface area contributed by atoms with Gasteiger partial charge in [0, 0.05) is 6.07 Å². The van der Waals surface area contributed by atoms with Gasteiger partial charge >= 0.3 is 0 Å². The standard InChI is InChI=1S/C10H12NO4/c12-4-10(5-13)6-15-9-7(11-10)2-1-3-8(9)14/h1,3,11-14H,4-6H2. The van der Waals surface area contributed by atoms with E-state index >= 15 is 0 Å². The lowest BCUT2D eigenvalue weighted by atomic mass is 10.0. The van der Waals surface area contributed by atoms with Crippen molar-refractivity contribution in [3.05, 3.63) is 18.2 Å². The van der Waals surface area contributed by atoms with Crippen LogP contribution < -0.4 is 10.1 Å². The number of aromatic hydroxyl groups is 1. The number of rotatable bonds is 2. The molecular formula is C10H12NO4. The molecule has 0 unspecified atom stereocenters. The molecule has 4 N–H and O–H groups in total. The number of phenols is 1. The predicted octanol–water partition coefficient (Wildman–Crippen LogP) is -0.280. The second-order valence-electron chi connectivity index (χ2n) is 3.58. The molecule has 1 radical (unpaired) electrons. The van der Waals surface area contributed by atoms with E-state index < -0.39 is 5.54 Å². The molecule has 81 valence electrons. The normalized spacial score (nSPS) is 17.5. The van der Waals surface area contributed by atoms with Crippen LogP contribution in [0.5, 0.6) is 11.5 Å². The Hall–Kier alpha value is -1.46.